The zero-order chi connectivity index (χ0) is 18.0. The average molecular weight is 345 g/mol. The second kappa shape index (κ2) is 6.73. The molecule has 1 heterocycles. The van der Waals surface area contributed by atoms with Crippen molar-refractivity contribution in [1.29, 1.82) is 0 Å². The highest BCUT2D eigenvalue weighted by atomic mass is 19.1. The van der Waals surface area contributed by atoms with Crippen LogP contribution in [0.3, 0.4) is 0 Å². The molecule has 3 rings (SSSR count). The van der Waals surface area contributed by atoms with Gasteiger partial charge in [-0.3, -0.25) is 4.79 Å². The molecule has 3 N–H and O–H groups in total. The Morgan fingerprint density at radius 3 is 2.40 bits per heavy atom. The lowest BCUT2D eigenvalue weighted by molar-refractivity contribution is 0.0902. The summed E-state index contributed by atoms with van der Waals surface area (Å²) in [4.78, 5) is 12.4. The summed E-state index contributed by atoms with van der Waals surface area (Å²) in [5, 5.41) is 20.5. The number of carbonyl (C=O) groups is 1. The zero-order valence-electron chi connectivity index (χ0n) is 12.9. The van der Waals surface area contributed by atoms with Gasteiger partial charge in [0.05, 0.1) is 6.54 Å². The van der Waals surface area contributed by atoms with E-state index in [9.17, 15) is 13.6 Å². The number of hydrogen-bond donors (Lipinski definition) is 2. The van der Waals surface area contributed by atoms with Gasteiger partial charge in [0.15, 0.2) is 5.78 Å². The number of aliphatic hydroxyl groups is 1. The number of aromatic nitrogens is 4. The van der Waals surface area contributed by atoms with Gasteiger partial charge in [0.25, 0.3) is 0 Å². The van der Waals surface area contributed by atoms with Crippen molar-refractivity contribution in [1.82, 2.24) is 20.2 Å². The van der Waals surface area contributed by atoms with E-state index in [1.165, 1.54) is 0 Å². The van der Waals surface area contributed by atoms with Crippen LogP contribution in [0.1, 0.15) is 15.9 Å². The van der Waals surface area contributed by atoms with Crippen LogP contribution in [0.15, 0.2) is 36.4 Å². The smallest absolute Gasteiger partial charge is 0.204 e. The topological polar surface area (TPSA) is 107 Å². The highest BCUT2D eigenvalue weighted by Crippen LogP contribution is 2.18. The Hall–Kier alpha value is -3.20. The van der Waals surface area contributed by atoms with Gasteiger partial charge < -0.3 is 10.8 Å². The summed E-state index contributed by atoms with van der Waals surface area (Å²) in [6, 6.07) is 8.49. The molecule has 1 aromatic heterocycles. The van der Waals surface area contributed by atoms with Gasteiger partial charge in [-0.15, -0.1) is 10.2 Å². The molecule has 0 unspecified atom stereocenters. The Kier molecular flexibility index (Phi) is 4.48. The molecule has 0 aliphatic carbocycles. The minimum absolute atomic E-state index is 0.240. The number of anilines is 1. The first-order chi connectivity index (χ1) is 12.0. The number of halogens is 2. The number of nitrogens with two attached hydrogens (primary N) is 1. The van der Waals surface area contributed by atoms with Crippen LogP contribution in [-0.2, 0) is 6.54 Å². The largest absolute Gasteiger partial charge is 0.399 e. The molecular weight excluding hydrogens is 332 g/mol. The number of benzene rings is 2. The summed E-state index contributed by atoms with van der Waals surface area (Å²) in [5.41, 5.74) is 6.29. The third-order valence-corrected chi connectivity index (χ3v) is 3.53. The minimum atomic E-state index is -0.928. The van der Waals surface area contributed by atoms with Gasteiger partial charge in [0.1, 0.15) is 18.2 Å². The molecule has 0 aliphatic rings. The molecule has 0 spiro atoms. The Morgan fingerprint density at radius 2 is 1.80 bits per heavy atom. The van der Waals surface area contributed by atoms with Gasteiger partial charge in [-0.2, -0.15) is 4.80 Å². The van der Waals surface area contributed by atoms with E-state index in [-0.39, 0.29) is 23.5 Å². The maximum absolute atomic E-state index is 14.1. The summed E-state index contributed by atoms with van der Waals surface area (Å²) in [5.74, 6) is -2.34. The van der Waals surface area contributed by atoms with E-state index < -0.39 is 24.0 Å². The number of nitrogens with zero attached hydrogens (tertiary/aromatic N) is 4. The normalized spacial score (nSPS) is 10.8. The van der Waals surface area contributed by atoms with Crippen molar-refractivity contribution in [3.8, 4) is 11.4 Å². The molecule has 0 saturated carbocycles. The first-order valence-corrected chi connectivity index (χ1v) is 7.23. The number of tetrazole rings is 1. The molecule has 9 heteroatoms. The number of ketones is 1. The standard InChI is InChI=1S/C16H13F2N5O2/c17-13-5-10(15(25)8-24)6-14(18)12(13)7-23-21-16(20-22-23)9-1-3-11(19)4-2-9/h1-6,24H,7-8,19H2. The number of rotatable bonds is 5. The van der Waals surface area contributed by atoms with Crippen molar-refractivity contribution in [2.45, 2.75) is 6.54 Å². The monoisotopic (exact) mass is 345 g/mol. The van der Waals surface area contributed by atoms with Gasteiger partial charge in [0.2, 0.25) is 5.82 Å². The van der Waals surface area contributed by atoms with Crippen LogP contribution in [0.2, 0.25) is 0 Å². The van der Waals surface area contributed by atoms with E-state index in [0.717, 1.165) is 16.9 Å². The number of hydrogen-bond acceptors (Lipinski definition) is 6. The Labute approximate surface area is 140 Å². The summed E-state index contributed by atoms with van der Waals surface area (Å²) in [6.07, 6.45) is 0. The van der Waals surface area contributed by atoms with Gasteiger partial charge in [-0.1, -0.05) is 0 Å². The summed E-state index contributed by atoms with van der Waals surface area (Å²) in [6.45, 7) is -1.12. The minimum Gasteiger partial charge on any atom is -0.399 e. The lowest BCUT2D eigenvalue weighted by Crippen LogP contribution is -2.11. The summed E-state index contributed by atoms with van der Waals surface area (Å²) >= 11 is 0. The van der Waals surface area contributed by atoms with E-state index in [1.54, 1.807) is 24.3 Å². The summed E-state index contributed by atoms with van der Waals surface area (Å²) < 4.78 is 28.2. The number of Topliss-reactive ketones (excluding diaryl/α,β-unsaturated/α-hetero) is 1. The third kappa shape index (κ3) is 3.50. The lowest BCUT2D eigenvalue weighted by atomic mass is 10.1. The van der Waals surface area contributed by atoms with E-state index >= 15 is 0 Å². The molecule has 128 valence electrons. The lowest BCUT2D eigenvalue weighted by Gasteiger charge is -2.06. The van der Waals surface area contributed by atoms with Crippen LogP contribution in [0.25, 0.3) is 11.4 Å². The van der Waals surface area contributed by atoms with Gasteiger partial charge in [-0.25, -0.2) is 8.78 Å². The van der Waals surface area contributed by atoms with Gasteiger partial charge >= 0.3 is 0 Å². The molecule has 0 radical (unpaired) electrons. The first-order valence-electron chi connectivity index (χ1n) is 7.23. The van der Waals surface area contributed by atoms with Crippen molar-refractivity contribution in [2.75, 3.05) is 12.3 Å². The maximum atomic E-state index is 14.1. The van der Waals surface area contributed by atoms with E-state index in [4.69, 9.17) is 10.8 Å². The summed E-state index contributed by atoms with van der Waals surface area (Å²) in [7, 11) is 0. The molecule has 25 heavy (non-hydrogen) atoms. The number of aliphatic hydroxyl groups excluding tert-OH is 1. The van der Waals surface area contributed by atoms with Crippen LogP contribution in [0.4, 0.5) is 14.5 Å². The SMILES string of the molecule is Nc1ccc(-c2nnn(Cc3c(F)cc(C(=O)CO)cc3F)n2)cc1. The van der Waals surface area contributed by atoms with Crippen molar-refractivity contribution in [3.63, 3.8) is 0 Å². The van der Waals surface area contributed by atoms with Crippen LogP contribution < -0.4 is 5.73 Å². The molecule has 3 aromatic rings. The highest BCUT2D eigenvalue weighted by Gasteiger charge is 2.16. The van der Waals surface area contributed by atoms with Crippen LogP contribution in [0.5, 0.6) is 0 Å². The molecule has 0 aliphatic heterocycles. The molecule has 0 atom stereocenters. The van der Waals surface area contributed by atoms with Crippen molar-refractivity contribution < 1.29 is 18.7 Å². The average Bonchev–Trinajstić information content (AvgIpc) is 3.06. The number of carbonyl (C=O) groups excluding carboxylic acids is 1. The van der Waals surface area contributed by atoms with Crippen molar-refractivity contribution in [3.05, 3.63) is 59.2 Å². The van der Waals surface area contributed by atoms with E-state index in [2.05, 4.69) is 15.4 Å². The molecule has 7 nitrogen and oxygen atoms in total. The fourth-order valence-electron chi connectivity index (χ4n) is 2.21. The van der Waals surface area contributed by atoms with Gasteiger partial charge in [-0.05, 0) is 41.6 Å². The quantitative estimate of drug-likeness (QED) is 0.535. The fourth-order valence-corrected chi connectivity index (χ4v) is 2.21. The fraction of sp³-hybridized carbons (Fsp3) is 0.125. The Bertz CT molecular complexity index is 902. The third-order valence-electron chi connectivity index (χ3n) is 3.53. The predicted octanol–water partition coefficient (Wildman–Crippen LogP) is 1.42. The molecular formula is C16H13F2N5O2. The van der Waals surface area contributed by atoms with Crippen molar-refractivity contribution in [2.24, 2.45) is 0 Å². The molecule has 0 saturated heterocycles. The second-order valence-electron chi connectivity index (χ2n) is 5.27. The first kappa shape index (κ1) is 16.7. The number of nitrogen functional groups attached to an aromatic ring is 1. The van der Waals surface area contributed by atoms with Crippen molar-refractivity contribution >= 4 is 11.5 Å². The predicted molar refractivity (Wildman–Crippen MR) is 84.5 cm³/mol. The van der Waals surface area contributed by atoms with Gasteiger partial charge in [0, 0.05) is 22.4 Å². The van der Waals surface area contributed by atoms with E-state index in [1.807, 2.05) is 0 Å². The second-order valence-corrected chi connectivity index (χ2v) is 5.27. The molecule has 0 bridgehead atoms. The molecule has 2 aromatic carbocycles. The molecule has 0 fully saturated rings. The Morgan fingerprint density at radius 1 is 1.16 bits per heavy atom. The maximum Gasteiger partial charge on any atom is 0.204 e. The highest BCUT2D eigenvalue weighted by molar-refractivity contribution is 5.97. The van der Waals surface area contributed by atoms with Crippen LogP contribution in [-0.4, -0.2) is 37.7 Å². The van der Waals surface area contributed by atoms with Crippen LogP contribution >= 0.6 is 0 Å². The molecule has 0 amide bonds. The van der Waals surface area contributed by atoms with Crippen LogP contribution in [0, 0.1) is 11.6 Å². The zero-order valence-corrected chi connectivity index (χ0v) is 12.9. The Balaban J connectivity index is 1.86. The van der Waals surface area contributed by atoms with E-state index in [0.29, 0.717) is 11.3 Å².